The van der Waals surface area contributed by atoms with E-state index in [4.69, 9.17) is 0 Å². The van der Waals surface area contributed by atoms with Crippen LogP contribution in [0.1, 0.15) is 5.82 Å². The second kappa shape index (κ2) is 4.35. The van der Waals surface area contributed by atoms with Gasteiger partial charge in [-0.1, -0.05) is 0 Å². The highest BCUT2D eigenvalue weighted by Gasteiger charge is 2.23. The molecule has 100 valence electrons. The zero-order chi connectivity index (χ0) is 13.4. The van der Waals surface area contributed by atoms with Crippen molar-refractivity contribution >= 4 is 17.1 Å². The summed E-state index contributed by atoms with van der Waals surface area (Å²) >= 11 is 0. The number of hydrogen-bond donors (Lipinski definition) is 5. The summed E-state index contributed by atoms with van der Waals surface area (Å²) < 4.78 is 0. The Kier molecular flexibility index (Phi) is 2.67. The van der Waals surface area contributed by atoms with E-state index in [1.807, 2.05) is 0 Å². The molecular weight excluding hydrogens is 252 g/mol. The Hall–Kier alpha value is -2.42. The van der Waals surface area contributed by atoms with Crippen LogP contribution in [0.4, 0.5) is 0 Å². The van der Waals surface area contributed by atoms with Gasteiger partial charge in [-0.05, 0) is 0 Å². The van der Waals surface area contributed by atoms with Crippen molar-refractivity contribution in [1.82, 2.24) is 30.6 Å². The Morgan fingerprint density at radius 2 is 1.95 bits per heavy atom. The Morgan fingerprint density at radius 1 is 1.11 bits per heavy atom. The quantitative estimate of drug-likeness (QED) is 0.411. The van der Waals surface area contributed by atoms with Gasteiger partial charge in [0.2, 0.25) is 5.91 Å². The van der Waals surface area contributed by atoms with Crippen molar-refractivity contribution in [1.29, 1.82) is 0 Å². The predicted molar refractivity (Wildman–Crippen MR) is 65.8 cm³/mol. The van der Waals surface area contributed by atoms with Gasteiger partial charge in [0.05, 0.1) is 6.04 Å². The molecule has 2 aromatic heterocycles. The van der Waals surface area contributed by atoms with E-state index in [9.17, 15) is 14.4 Å². The molecule has 19 heavy (non-hydrogen) atoms. The lowest BCUT2D eigenvalue weighted by atomic mass is 10.1. The molecule has 1 amide bonds. The lowest BCUT2D eigenvalue weighted by molar-refractivity contribution is -0.124. The zero-order valence-electron chi connectivity index (χ0n) is 9.87. The maximum absolute atomic E-state index is 11.6. The molecule has 9 heteroatoms. The first-order valence-corrected chi connectivity index (χ1v) is 5.86. The topological polar surface area (TPSA) is 136 Å². The Labute approximate surface area is 105 Å². The van der Waals surface area contributed by atoms with Crippen LogP contribution in [0, 0.1) is 0 Å². The molecule has 1 aliphatic heterocycles. The highest BCUT2D eigenvalue weighted by Crippen LogP contribution is 2.05. The molecule has 0 bridgehead atoms. The molecule has 0 radical (unpaired) electrons. The van der Waals surface area contributed by atoms with Gasteiger partial charge in [-0.25, -0.2) is 9.78 Å². The molecule has 0 spiro atoms. The number of H-pyrrole nitrogens is 3. The first kappa shape index (κ1) is 11.7. The number of nitrogens with one attached hydrogen (secondary N) is 5. The molecule has 0 aromatic carbocycles. The SMILES string of the molecule is O=C1NCCNC1Cc1nc2[nH]c(=O)[nH]c(=O)c2[nH]1. The predicted octanol–water partition coefficient (Wildman–Crippen LogP) is -2.43. The molecule has 3 heterocycles. The smallest absolute Gasteiger partial charge is 0.327 e. The fourth-order valence-electron chi connectivity index (χ4n) is 2.08. The number of imidazole rings is 1. The van der Waals surface area contributed by atoms with Gasteiger partial charge in [-0.2, -0.15) is 0 Å². The van der Waals surface area contributed by atoms with Crippen molar-refractivity contribution in [3.63, 3.8) is 0 Å². The average Bonchev–Trinajstić information content (AvgIpc) is 2.75. The molecule has 1 aliphatic rings. The Morgan fingerprint density at radius 3 is 2.74 bits per heavy atom. The zero-order valence-corrected chi connectivity index (χ0v) is 9.87. The molecule has 5 N–H and O–H groups in total. The molecule has 0 saturated carbocycles. The molecule has 1 atom stereocenters. The van der Waals surface area contributed by atoms with Crippen molar-refractivity contribution in [3.8, 4) is 0 Å². The number of rotatable bonds is 2. The monoisotopic (exact) mass is 264 g/mol. The number of hydrogen-bond acceptors (Lipinski definition) is 5. The standard InChI is InChI=1S/C10H12N6O3/c17-8-4(11-1-2-12-8)3-5-13-6-7(14-5)15-10(19)16-9(6)18/h4,11H,1-3H2,(H,12,17)(H3,13,14,15,16,18,19). The fraction of sp³-hybridized carbons (Fsp3) is 0.400. The largest absolute Gasteiger partial charge is 0.353 e. The summed E-state index contributed by atoms with van der Waals surface area (Å²) in [7, 11) is 0. The number of fused-ring (bicyclic) bond motifs is 1. The number of carbonyl (C=O) groups excluding carboxylic acids is 1. The van der Waals surface area contributed by atoms with Gasteiger partial charge in [0.1, 0.15) is 11.3 Å². The van der Waals surface area contributed by atoms with Crippen molar-refractivity contribution < 1.29 is 4.79 Å². The summed E-state index contributed by atoms with van der Waals surface area (Å²) in [5, 5.41) is 5.80. The summed E-state index contributed by atoms with van der Waals surface area (Å²) in [5.74, 6) is 0.367. The van der Waals surface area contributed by atoms with Crippen LogP contribution in [0.3, 0.4) is 0 Å². The van der Waals surface area contributed by atoms with Gasteiger partial charge in [0, 0.05) is 19.5 Å². The second-order valence-electron chi connectivity index (χ2n) is 4.32. The van der Waals surface area contributed by atoms with Crippen LogP contribution in [0.25, 0.3) is 11.2 Å². The molecule has 9 nitrogen and oxygen atoms in total. The summed E-state index contributed by atoms with van der Waals surface area (Å²) in [6.07, 6.45) is 0.321. The van der Waals surface area contributed by atoms with Crippen LogP contribution in [0.5, 0.6) is 0 Å². The van der Waals surface area contributed by atoms with Crippen molar-refractivity contribution in [2.75, 3.05) is 13.1 Å². The van der Waals surface area contributed by atoms with Crippen LogP contribution in [0.15, 0.2) is 9.59 Å². The van der Waals surface area contributed by atoms with Crippen LogP contribution >= 0.6 is 0 Å². The van der Waals surface area contributed by atoms with E-state index in [1.54, 1.807) is 0 Å². The fourth-order valence-corrected chi connectivity index (χ4v) is 2.08. The van der Waals surface area contributed by atoms with Crippen molar-refractivity contribution in [2.45, 2.75) is 12.5 Å². The summed E-state index contributed by atoms with van der Waals surface area (Å²) in [5.41, 5.74) is -0.742. The van der Waals surface area contributed by atoms with E-state index in [0.29, 0.717) is 25.3 Å². The van der Waals surface area contributed by atoms with Crippen LogP contribution < -0.4 is 21.9 Å². The number of aromatic nitrogens is 4. The van der Waals surface area contributed by atoms with E-state index in [2.05, 4.69) is 30.6 Å². The third-order valence-electron chi connectivity index (χ3n) is 2.97. The number of carbonyl (C=O) groups is 1. The number of nitrogens with zero attached hydrogens (tertiary/aromatic N) is 1. The maximum atomic E-state index is 11.6. The highest BCUT2D eigenvalue weighted by atomic mass is 16.2. The molecular formula is C10H12N6O3. The Balaban J connectivity index is 1.93. The first-order valence-electron chi connectivity index (χ1n) is 5.86. The average molecular weight is 264 g/mol. The van der Waals surface area contributed by atoms with Gasteiger partial charge in [-0.3, -0.25) is 19.6 Å². The van der Waals surface area contributed by atoms with Crippen LogP contribution in [-0.2, 0) is 11.2 Å². The van der Waals surface area contributed by atoms with Crippen molar-refractivity contribution in [3.05, 3.63) is 26.7 Å². The van der Waals surface area contributed by atoms with E-state index in [1.165, 1.54) is 0 Å². The molecule has 3 rings (SSSR count). The number of amides is 1. The van der Waals surface area contributed by atoms with Gasteiger partial charge in [0.15, 0.2) is 5.65 Å². The first-order chi connectivity index (χ1) is 9.13. The van der Waals surface area contributed by atoms with Gasteiger partial charge < -0.3 is 15.6 Å². The minimum absolute atomic E-state index is 0.103. The molecule has 1 saturated heterocycles. The van der Waals surface area contributed by atoms with E-state index >= 15 is 0 Å². The maximum Gasteiger partial charge on any atom is 0.327 e. The van der Waals surface area contributed by atoms with Gasteiger partial charge in [0.25, 0.3) is 5.56 Å². The lowest BCUT2D eigenvalue weighted by Crippen LogP contribution is -2.53. The van der Waals surface area contributed by atoms with Crippen LogP contribution in [-0.4, -0.2) is 45.0 Å². The molecule has 1 fully saturated rings. The number of aromatic amines is 3. The van der Waals surface area contributed by atoms with Gasteiger partial charge >= 0.3 is 5.69 Å². The minimum atomic E-state index is -0.607. The summed E-state index contributed by atoms with van der Waals surface area (Å²) in [6, 6.07) is -0.389. The van der Waals surface area contributed by atoms with Crippen molar-refractivity contribution in [2.24, 2.45) is 0 Å². The molecule has 0 aliphatic carbocycles. The minimum Gasteiger partial charge on any atom is -0.353 e. The second-order valence-corrected chi connectivity index (χ2v) is 4.32. The highest BCUT2D eigenvalue weighted by molar-refractivity contribution is 5.82. The molecule has 2 aromatic rings. The number of piperazine rings is 1. The third kappa shape index (κ3) is 2.15. The van der Waals surface area contributed by atoms with Gasteiger partial charge in [-0.15, -0.1) is 0 Å². The Bertz CT molecular complexity index is 742. The lowest BCUT2D eigenvalue weighted by Gasteiger charge is -2.22. The van der Waals surface area contributed by atoms with E-state index in [-0.39, 0.29) is 23.1 Å². The summed E-state index contributed by atoms with van der Waals surface area (Å²) in [6.45, 7) is 1.29. The van der Waals surface area contributed by atoms with Crippen LogP contribution in [0.2, 0.25) is 0 Å². The van der Waals surface area contributed by atoms with E-state index < -0.39 is 11.2 Å². The summed E-state index contributed by atoms with van der Waals surface area (Å²) in [4.78, 5) is 45.7. The molecule has 1 unspecified atom stereocenters. The third-order valence-corrected chi connectivity index (χ3v) is 2.97. The van der Waals surface area contributed by atoms with E-state index in [0.717, 1.165) is 0 Å². The normalized spacial score (nSPS) is 19.6.